The van der Waals surface area contributed by atoms with Crippen molar-refractivity contribution >= 4 is 11.4 Å². The van der Waals surface area contributed by atoms with Crippen molar-refractivity contribution < 1.29 is 22.7 Å². The molecule has 0 saturated carbocycles. The summed E-state index contributed by atoms with van der Waals surface area (Å²) in [5.41, 5.74) is 3.09. The number of Topliss-reactive ketones (excluding diaryl/α,β-unsaturated/α-hetero) is 1. The van der Waals surface area contributed by atoms with Crippen LogP contribution >= 0.6 is 0 Å². The van der Waals surface area contributed by atoms with Gasteiger partial charge in [0, 0.05) is 56.8 Å². The lowest BCUT2D eigenvalue weighted by molar-refractivity contribution is -0.141. The SMILES string of the molecule is CCCOCCCC(=O)c1ccc(Cc2nccn3c(-c4cn(CC(C)C)nc4C(F)(F)F)cnc23)cc1CC. The van der Waals surface area contributed by atoms with Crippen LogP contribution in [-0.4, -0.2) is 43.1 Å². The maximum absolute atomic E-state index is 13.9. The number of alkyl halides is 3. The van der Waals surface area contributed by atoms with Gasteiger partial charge in [0.05, 0.1) is 23.1 Å². The van der Waals surface area contributed by atoms with Crippen LogP contribution in [0.3, 0.4) is 0 Å². The van der Waals surface area contributed by atoms with Crippen LogP contribution in [0.1, 0.15) is 79.8 Å². The lowest BCUT2D eigenvalue weighted by atomic mass is 9.95. The number of carbonyl (C=O) groups excluding carboxylic acids is 1. The first-order valence-electron chi connectivity index (χ1n) is 13.8. The first-order chi connectivity index (χ1) is 19.1. The van der Waals surface area contributed by atoms with Gasteiger partial charge in [-0.3, -0.25) is 18.9 Å². The van der Waals surface area contributed by atoms with Crippen molar-refractivity contribution in [2.24, 2.45) is 5.92 Å². The zero-order chi connectivity index (χ0) is 28.9. The van der Waals surface area contributed by atoms with Crippen LogP contribution in [0.15, 0.2) is 43.0 Å². The molecule has 4 rings (SSSR count). The highest BCUT2D eigenvalue weighted by Gasteiger charge is 2.38. The molecule has 0 N–H and O–H groups in total. The number of benzene rings is 1. The number of aromatic nitrogens is 5. The Labute approximate surface area is 232 Å². The second kappa shape index (κ2) is 12.8. The fourth-order valence-corrected chi connectivity index (χ4v) is 4.81. The van der Waals surface area contributed by atoms with E-state index < -0.39 is 11.9 Å². The van der Waals surface area contributed by atoms with Crippen LogP contribution in [0.5, 0.6) is 0 Å². The fourth-order valence-electron chi connectivity index (χ4n) is 4.81. The van der Waals surface area contributed by atoms with E-state index in [1.54, 1.807) is 16.8 Å². The first kappa shape index (κ1) is 29.5. The highest BCUT2D eigenvalue weighted by molar-refractivity contribution is 5.97. The van der Waals surface area contributed by atoms with Gasteiger partial charge in [-0.15, -0.1) is 0 Å². The van der Waals surface area contributed by atoms with Crippen LogP contribution in [0, 0.1) is 5.92 Å². The molecule has 0 unspecified atom stereocenters. The van der Waals surface area contributed by atoms with E-state index >= 15 is 0 Å². The first-order valence-corrected chi connectivity index (χ1v) is 13.8. The zero-order valence-corrected chi connectivity index (χ0v) is 23.5. The number of rotatable bonds is 13. The average molecular weight is 556 g/mol. The van der Waals surface area contributed by atoms with E-state index in [2.05, 4.69) is 22.0 Å². The third-order valence-corrected chi connectivity index (χ3v) is 6.62. The summed E-state index contributed by atoms with van der Waals surface area (Å²) < 4.78 is 50.1. The topological polar surface area (TPSA) is 74.3 Å². The second-order valence-electron chi connectivity index (χ2n) is 10.4. The molecule has 0 aliphatic rings. The normalized spacial score (nSPS) is 12.1. The summed E-state index contributed by atoms with van der Waals surface area (Å²) in [5, 5.41) is 3.85. The van der Waals surface area contributed by atoms with Crippen molar-refractivity contribution in [1.29, 1.82) is 0 Å². The third-order valence-electron chi connectivity index (χ3n) is 6.62. The molecule has 0 aliphatic carbocycles. The van der Waals surface area contributed by atoms with E-state index in [0.717, 1.165) is 17.5 Å². The fraction of sp³-hybridized carbons (Fsp3) is 0.467. The molecule has 0 bridgehead atoms. The molecule has 0 aliphatic heterocycles. The van der Waals surface area contributed by atoms with E-state index in [1.165, 1.54) is 17.1 Å². The highest BCUT2D eigenvalue weighted by Crippen LogP contribution is 2.36. The van der Waals surface area contributed by atoms with Gasteiger partial charge in [-0.1, -0.05) is 45.9 Å². The minimum Gasteiger partial charge on any atom is -0.381 e. The van der Waals surface area contributed by atoms with Gasteiger partial charge in [-0.05, 0) is 36.3 Å². The quantitative estimate of drug-likeness (QED) is 0.134. The van der Waals surface area contributed by atoms with Crippen LogP contribution in [0.25, 0.3) is 16.9 Å². The van der Waals surface area contributed by atoms with Gasteiger partial charge in [0.2, 0.25) is 0 Å². The van der Waals surface area contributed by atoms with E-state index in [9.17, 15) is 18.0 Å². The third kappa shape index (κ3) is 6.78. The number of nitrogens with zero attached hydrogens (tertiary/aromatic N) is 5. The number of hydrogen-bond donors (Lipinski definition) is 0. The Morgan fingerprint density at radius 3 is 2.62 bits per heavy atom. The summed E-state index contributed by atoms with van der Waals surface area (Å²) in [7, 11) is 0. The largest absolute Gasteiger partial charge is 0.435 e. The molecule has 1 aromatic carbocycles. The van der Waals surface area contributed by atoms with E-state index in [0.29, 0.717) is 68.0 Å². The number of ether oxygens (including phenoxy) is 1. The summed E-state index contributed by atoms with van der Waals surface area (Å²) in [4.78, 5) is 21.8. The minimum atomic E-state index is -4.60. The zero-order valence-electron chi connectivity index (χ0n) is 23.5. The molecule has 3 aromatic heterocycles. The monoisotopic (exact) mass is 555 g/mol. The second-order valence-corrected chi connectivity index (χ2v) is 10.4. The molecular formula is C30H36F3N5O2. The van der Waals surface area contributed by atoms with Crippen LogP contribution in [0.2, 0.25) is 0 Å². The average Bonchev–Trinajstić information content (AvgIpc) is 3.52. The van der Waals surface area contributed by atoms with Crippen molar-refractivity contribution in [2.45, 2.75) is 72.5 Å². The maximum Gasteiger partial charge on any atom is 0.435 e. The maximum atomic E-state index is 13.9. The smallest absolute Gasteiger partial charge is 0.381 e. The van der Waals surface area contributed by atoms with E-state index in [1.807, 2.05) is 39.0 Å². The van der Waals surface area contributed by atoms with Crippen molar-refractivity contribution in [3.8, 4) is 11.3 Å². The lowest BCUT2D eigenvalue weighted by Crippen LogP contribution is -2.10. The van der Waals surface area contributed by atoms with Crippen molar-refractivity contribution in [3.05, 3.63) is 71.1 Å². The van der Waals surface area contributed by atoms with Crippen LogP contribution < -0.4 is 0 Å². The molecule has 3 heterocycles. The standard InChI is InChI=1S/C30H36F3N5O2/c1-5-13-40-14-7-8-27(39)23-10-9-21(15-22(23)6-2)16-25-29-35-17-26(38(29)12-11-34-25)24-19-37(18-20(3)4)36-28(24)30(31,32)33/h9-12,15,17,19-20H,5-8,13-14,16,18H2,1-4H3. The molecule has 0 saturated heterocycles. The van der Waals surface area contributed by atoms with Gasteiger partial charge in [0.15, 0.2) is 17.1 Å². The van der Waals surface area contributed by atoms with Gasteiger partial charge < -0.3 is 4.74 Å². The van der Waals surface area contributed by atoms with Gasteiger partial charge in [0.25, 0.3) is 0 Å². The molecule has 0 fully saturated rings. The van der Waals surface area contributed by atoms with Crippen molar-refractivity contribution in [2.75, 3.05) is 13.2 Å². The molecule has 4 aromatic rings. The molecular weight excluding hydrogens is 519 g/mol. The number of aryl methyl sites for hydroxylation is 1. The predicted molar refractivity (Wildman–Crippen MR) is 147 cm³/mol. The molecule has 0 amide bonds. The number of carbonyl (C=O) groups is 1. The van der Waals surface area contributed by atoms with Crippen LogP contribution in [-0.2, 0) is 30.3 Å². The Bertz CT molecular complexity index is 1460. The summed E-state index contributed by atoms with van der Waals surface area (Å²) >= 11 is 0. The van der Waals surface area contributed by atoms with Crippen molar-refractivity contribution in [1.82, 2.24) is 24.1 Å². The van der Waals surface area contributed by atoms with Gasteiger partial charge in [0.1, 0.15) is 0 Å². The number of halogens is 3. The van der Waals surface area contributed by atoms with E-state index in [-0.39, 0.29) is 17.3 Å². The molecule has 40 heavy (non-hydrogen) atoms. The predicted octanol–water partition coefficient (Wildman–Crippen LogP) is 6.81. The number of fused-ring (bicyclic) bond motifs is 1. The Hall–Kier alpha value is -3.53. The van der Waals surface area contributed by atoms with E-state index in [4.69, 9.17) is 4.74 Å². The number of hydrogen-bond acceptors (Lipinski definition) is 5. The van der Waals surface area contributed by atoms with Crippen molar-refractivity contribution in [3.63, 3.8) is 0 Å². The summed E-state index contributed by atoms with van der Waals surface area (Å²) in [5.74, 6) is 0.237. The molecule has 0 atom stereocenters. The number of ketones is 1. The molecule has 214 valence electrons. The molecule has 0 spiro atoms. The van der Waals surface area contributed by atoms with Gasteiger partial charge >= 0.3 is 6.18 Å². The molecule has 10 heteroatoms. The molecule has 7 nitrogen and oxygen atoms in total. The lowest BCUT2D eigenvalue weighted by Gasteiger charge is -2.11. The minimum absolute atomic E-state index is 0.0194. The summed E-state index contributed by atoms with van der Waals surface area (Å²) in [6.07, 6.45) is 4.65. The Morgan fingerprint density at radius 2 is 1.93 bits per heavy atom. The summed E-state index contributed by atoms with van der Waals surface area (Å²) in [6.45, 7) is 9.56. The Kier molecular flexibility index (Phi) is 9.40. The summed E-state index contributed by atoms with van der Waals surface area (Å²) in [6, 6.07) is 5.78. The highest BCUT2D eigenvalue weighted by atomic mass is 19.4. The Balaban J connectivity index is 1.60. The van der Waals surface area contributed by atoms with Crippen LogP contribution in [0.4, 0.5) is 13.2 Å². The number of imidazole rings is 1. The van der Waals surface area contributed by atoms with Gasteiger partial charge in [-0.25, -0.2) is 4.98 Å². The molecule has 0 radical (unpaired) electrons. The van der Waals surface area contributed by atoms with Gasteiger partial charge in [-0.2, -0.15) is 18.3 Å². The Morgan fingerprint density at radius 1 is 1.12 bits per heavy atom.